The van der Waals surface area contributed by atoms with Crippen LogP contribution in [0.4, 0.5) is 10.1 Å². The van der Waals surface area contributed by atoms with Crippen molar-refractivity contribution in [2.24, 2.45) is 0 Å². The van der Waals surface area contributed by atoms with Crippen LogP contribution in [0.1, 0.15) is 5.56 Å². The van der Waals surface area contributed by atoms with Crippen molar-refractivity contribution in [3.05, 3.63) is 36.2 Å². The summed E-state index contributed by atoms with van der Waals surface area (Å²) in [6, 6.07) is 5.38. The van der Waals surface area contributed by atoms with Crippen LogP contribution in [0.25, 0.3) is 6.08 Å². The molecule has 1 saturated heterocycles. The molecule has 0 unspecified atom stereocenters. The molecule has 0 bridgehead atoms. The summed E-state index contributed by atoms with van der Waals surface area (Å²) in [7, 11) is 0. The number of ether oxygens (including phenoxy) is 1. The lowest BCUT2D eigenvalue weighted by molar-refractivity contribution is 0.122. The van der Waals surface area contributed by atoms with Crippen molar-refractivity contribution in [1.82, 2.24) is 0 Å². The quantitative estimate of drug-likeness (QED) is 0.737. The van der Waals surface area contributed by atoms with Gasteiger partial charge in [0.25, 0.3) is 0 Å². The highest BCUT2D eigenvalue weighted by molar-refractivity contribution is 5.59. The van der Waals surface area contributed by atoms with Gasteiger partial charge in [-0.2, -0.15) is 0 Å². The van der Waals surface area contributed by atoms with Crippen LogP contribution in [0.3, 0.4) is 0 Å². The third-order valence-corrected chi connectivity index (χ3v) is 2.58. The minimum absolute atomic E-state index is 0.186. The van der Waals surface area contributed by atoms with E-state index >= 15 is 0 Å². The third kappa shape index (κ3) is 2.02. The molecule has 80 valence electrons. The summed E-state index contributed by atoms with van der Waals surface area (Å²) < 4.78 is 19.1. The highest BCUT2D eigenvalue weighted by atomic mass is 19.1. The maximum absolute atomic E-state index is 13.9. The van der Waals surface area contributed by atoms with Gasteiger partial charge >= 0.3 is 0 Å². The van der Waals surface area contributed by atoms with Crippen LogP contribution in [0, 0.1) is 5.82 Å². The Morgan fingerprint density at radius 1 is 1.33 bits per heavy atom. The van der Waals surface area contributed by atoms with Crippen molar-refractivity contribution < 1.29 is 9.13 Å². The number of anilines is 1. The smallest absolute Gasteiger partial charge is 0.153 e. The summed E-state index contributed by atoms with van der Waals surface area (Å²) in [5.74, 6) is -0.186. The van der Waals surface area contributed by atoms with E-state index in [-0.39, 0.29) is 5.82 Å². The van der Waals surface area contributed by atoms with Crippen LogP contribution in [-0.4, -0.2) is 26.3 Å². The SMILES string of the molecule is C=Cc1cccc(N2CCOCC2)c1F. The maximum Gasteiger partial charge on any atom is 0.153 e. The predicted molar refractivity (Wildman–Crippen MR) is 59.5 cm³/mol. The Morgan fingerprint density at radius 2 is 2.07 bits per heavy atom. The number of hydrogen-bond donors (Lipinski definition) is 0. The lowest BCUT2D eigenvalue weighted by Crippen LogP contribution is -2.36. The summed E-state index contributed by atoms with van der Waals surface area (Å²) in [5.41, 5.74) is 1.20. The minimum atomic E-state index is -0.186. The topological polar surface area (TPSA) is 12.5 Å². The molecule has 0 aromatic heterocycles. The van der Waals surface area contributed by atoms with E-state index in [4.69, 9.17) is 4.74 Å². The molecule has 0 N–H and O–H groups in total. The molecule has 1 aromatic rings. The van der Waals surface area contributed by atoms with Crippen LogP contribution in [-0.2, 0) is 4.74 Å². The minimum Gasteiger partial charge on any atom is -0.378 e. The second-order valence-corrected chi connectivity index (χ2v) is 3.48. The Morgan fingerprint density at radius 3 is 2.73 bits per heavy atom. The van der Waals surface area contributed by atoms with Gasteiger partial charge in [-0.15, -0.1) is 0 Å². The average Bonchev–Trinajstić information content (AvgIpc) is 2.30. The zero-order chi connectivity index (χ0) is 10.7. The lowest BCUT2D eigenvalue weighted by atomic mass is 10.1. The second kappa shape index (κ2) is 4.45. The Balaban J connectivity index is 2.30. The van der Waals surface area contributed by atoms with Gasteiger partial charge in [0.2, 0.25) is 0 Å². The molecule has 1 aromatic carbocycles. The Labute approximate surface area is 89.0 Å². The van der Waals surface area contributed by atoms with Crippen LogP contribution >= 0.6 is 0 Å². The number of halogens is 1. The van der Waals surface area contributed by atoms with Gasteiger partial charge in [0.1, 0.15) is 0 Å². The molecule has 0 radical (unpaired) electrons. The van der Waals surface area contributed by atoms with Gasteiger partial charge in [0.15, 0.2) is 5.82 Å². The van der Waals surface area contributed by atoms with Crippen molar-refractivity contribution in [3.63, 3.8) is 0 Å². The van der Waals surface area contributed by atoms with Crippen molar-refractivity contribution in [1.29, 1.82) is 0 Å². The summed E-state index contributed by atoms with van der Waals surface area (Å²) >= 11 is 0. The molecule has 2 rings (SSSR count). The summed E-state index contributed by atoms with van der Waals surface area (Å²) in [6.07, 6.45) is 1.54. The predicted octanol–water partition coefficient (Wildman–Crippen LogP) is 2.31. The number of benzene rings is 1. The van der Waals surface area contributed by atoms with Crippen molar-refractivity contribution >= 4 is 11.8 Å². The second-order valence-electron chi connectivity index (χ2n) is 3.48. The molecular weight excluding hydrogens is 193 g/mol. The van der Waals surface area contributed by atoms with Gasteiger partial charge in [0.05, 0.1) is 18.9 Å². The summed E-state index contributed by atoms with van der Waals surface area (Å²) in [4.78, 5) is 2.01. The van der Waals surface area contributed by atoms with Crippen molar-refractivity contribution in [3.8, 4) is 0 Å². The molecule has 1 aliphatic heterocycles. The molecule has 3 heteroatoms. The lowest BCUT2D eigenvalue weighted by Gasteiger charge is -2.29. The zero-order valence-electron chi connectivity index (χ0n) is 8.58. The Kier molecular flexibility index (Phi) is 3.02. The molecule has 2 nitrogen and oxygen atoms in total. The highest BCUT2D eigenvalue weighted by Crippen LogP contribution is 2.23. The van der Waals surface area contributed by atoms with Gasteiger partial charge in [-0.05, 0) is 6.07 Å². The van der Waals surface area contributed by atoms with E-state index in [0.29, 0.717) is 24.5 Å². The summed E-state index contributed by atoms with van der Waals surface area (Å²) in [6.45, 7) is 6.42. The van der Waals surface area contributed by atoms with E-state index in [1.54, 1.807) is 18.2 Å². The van der Waals surface area contributed by atoms with Gasteiger partial charge in [0, 0.05) is 18.7 Å². The number of hydrogen-bond acceptors (Lipinski definition) is 2. The Hall–Kier alpha value is -1.35. The largest absolute Gasteiger partial charge is 0.378 e. The number of nitrogens with zero attached hydrogens (tertiary/aromatic N) is 1. The third-order valence-electron chi connectivity index (χ3n) is 2.58. The van der Waals surface area contributed by atoms with E-state index in [0.717, 1.165) is 13.1 Å². The number of rotatable bonds is 2. The van der Waals surface area contributed by atoms with Gasteiger partial charge in [-0.1, -0.05) is 24.8 Å². The molecule has 15 heavy (non-hydrogen) atoms. The first-order valence-corrected chi connectivity index (χ1v) is 5.06. The van der Waals surface area contributed by atoms with E-state index in [1.165, 1.54) is 0 Å². The fraction of sp³-hybridized carbons (Fsp3) is 0.333. The normalized spacial score (nSPS) is 16.5. The molecule has 0 atom stereocenters. The molecule has 1 aliphatic rings. The average molecular weight is 207 g/mol. The fourth-order valence-electron chi connectivity index (χ4n) is 1.74. The van der Waals surface area contributed by atoms with Gasteiger partial charge < -0.3 is 9.64 Å². The standard InChI is InChI=1S/C12H14FNO/c1-2-10-4-3-5-11(12(10)13)14-6-8-15-9-7-14/h2-5H,1,6-9H2. The zero-order valence-corrected chi connectivity index (χ0v) is 8.58. The van der Waals surface area contributed by atoms with Crippen LogP contribution in [0.5, 0.6) is 0 Å². The van der Waals surface area contributed by atoms with Gasteiger partial charge in [-0.3, -0.25) is 0 Å². The summed E-state index contributed by atoms with van der Waals surface area (Å²) in [5, 5.41) is 0. The van der Waals surface area contributed by atoms with E-state index in [1.807, 2.05) is 11.0 Å². The first-order chi connectivity index (χ1) is 7.33. The van der Waals surface area contributed by atoms with Crippen LogP contribution in [0.2, 0.25) is 0 Å². The van der Waals surface area contributed by atoms with Crippen molar-refractivity contribution in [2.45, 2.75) is 0 Å². The monoisotopic (exact) mass is 207 g/mol. The van der Waals surface area contributed by atoms with Crippen LogP contribution < -0.4 is 4.90 Å². The Bertz CT molecular complexity index is 359. The van der Waals surface area contributed by atoms with Crippen molar-refractivity contribution in [2.75, 3.05) is 31.2 Å². The molecule has 1 fully saturated rings. The first-order valence-electron chi connectivity index (χ1n) is 5.06. The first kappa shape index (κ1) is 10.2. The molecule has 0 amide bonds. The van der Waals surface area contributed by atoms with E-state index in [9.17, 15) is 4.39 Å². The molecule has 1 heterocycles. The maximum atomic E-state index is 13.9. The molecule has 0 spiro atoms. The van der Waals surface area contributed by atoms with E-state index in [2.05, 4.69) is 6.58 Å². The number of morpholine rings is 1. The molecule has 0 aliphatic carbocycles. The van der Waals surface area contributed by atoms with E-state index < -0.39 is 0 Å². The molecular formula is C12H14FNO. The molecule has 0 saturated carbocycles. The fourth-order valence-corrected chi connectivity index (χ4v) is 1.74. The highest BCUT2D eigenvalue weighted by Gasteiger charge is 2.15. The van der Waals surface area contributed by atoms with Gasteiger partial charge in [-0.25, -0.2) is 4.39 Å². The van der Waals surface area contributed by atoms with Crippen LogP contribution in [0.15, 0.2) is 24.8 Å².